The predicted molar refractivity (Wildman–Crippen MR) is 92.2 cm³/mol. The number of rotatable bonds is 5. The van der Waals surface area contributed by atoms with Gasteiger partial charge < -0.3 is 0 Å². The lowest BCUT2D eigenvalue weighted by Gasteiger charge is -2.06. The van der Waals surface area contributed by atoms with Crippen LogP contribution in [0.4, 0.5) is 5.13 Å². The molecule has 0 aliphatic heterocycles. The van der Waals surface area contributed by atoms with Gasteiger partial charge in [0.05, 0.1) is 10.6 Å². The van der Waals surface area contributed by atoms with E-state index in [9.17, 15) is 9.59 Å². The minimum Gasteiger partial charge on any atom is -0.298 e. The van der Waals surface area contributed by atoms with Crippen LogP contribution in [-0.4, -0.2) is 21.9 Å². The Morgan fingerprint density at radius 2 is 1.86 bits per heavy atom. The van der Waals surface area contributed by atoms with Crippen LogP contribution < -0.4 is 5.32 Å². The molecule has 1 aromatic heterocycles. The number of hydrogen-bond acceptors (Lipinski definition) is 5. The normalized spacial score (nSPS) is 10.8. The van der Waals surface area contributed by atoms with E-state index >= 15 is 0 Å². The van der Waals surface area contributed by atoms with Gasteiger partial charge in [0.2, 0.25) is 0 Å². The molecule has 0 aliphatic rings. The lowest BCUT2D eigenvalue weighted by atomic mass is 10.2. The average molecular weight is 334 g/mol. The van der Waals surface area contributed by atoms with Gasteiger partial charge in [-0.05, 0) is 31.2 Å². The van der Waals surface area contributed by atoms with Crippen LogP contribution >= 0.6 is 23.1 Å². The Morgan fingerprint density at radius 3 is 2.36 bits per heavy atom. The predicted octanol–water partition coefficient (Wildman–Crippen LogP) is 4.41. The summed E-state index contributed by atoms with van der Waals surface area (Å²) in [6.45, 7) is 7.52. The van der Waals surface area contributed by atoms with Crippen LogP contribution in [0.5, 0.6) is 0 Å². The molecule has 0 saturated carbocycles. The van der Waals surface area contributed by atoms with E-state index < -0.39 is 0 Å². The third-order valence-corrected chi connectivity index (χ3v) is 5.01. The Morgan fingerprint density at radius 1 is 1.23 bits per heavy atom. The first kappa shape index (κ1) is 16.7. The van der Waals surface area contributed by atoms with Crippen molar-refractivity contribution in [3.05, 3.63) is 40.4 Å². The molecular weight excluding hydrogens is 316 g/mol. The fraction of sp³-hybridized carbons (Fsp3) is 0.312. The van der Waals surface area contributed by atoms with E-state index in [2.05, 4.69) is 24.1 Å². The summed E-state index contributed by atoms with van der Waals surface area (Å²) < 4.78 is 0. The molecule has 0 unspecified atom stereocenters. The number of amides is 1. The maximum atomic E-state index is 12.2. The van der Waals surface area contributed by atoms with Crippen molar-refractivity contribution in [2.24, 2.45) is 0 Å². The fourth-order valence-electron chi connectivity index (χ4n) is 1.90. The highest BCUT2D eigenvalue weighted by Crippen LogP contribution is 2.25. The second-order valence-corrected chi connectivity index (χ2v) is 7.78. The van der Waals surface area contributed by atoms with Crippen LogP contribution in [0, 0.1) is 6.92 Å². The first-order valence-corrected chi connectivity index (χ1v) is 8.63. The third-order valence-electron chi connectivity index (χ3n) is 2.83. The molecule has 22 heavy (non-hydrogen) atoms. The number of nitrogens with zero attached hydrogens (tertiary/aromatic N) is 1. The summed E-state index contributed by atoms with van der Waals surface area (Å²) in [4.78, 5) is 29.6. The molecule has 0 saturated heterocycles. The largest absolute Gasteiger partial charge is 0.298 e. The number of carbonyl (C=O) groups excluding carboxylic acids is 2. The van der Waals surface area contributed by atoms with Crippen LogP contribution in [-0.2, 0) is 0 Å². The molecule has 1 amide bonds. The lowest BCUT2D eigenvalue weighted by molar-refractivity contribution is 0.101. The quantitative estimate of drug-likeness (QED) is 0.650. The number of thiazole rings is 1. The highest BCUT2D eigenvalue weighted by Gasteiger charge is 2.14. The van der Waals surface area contributed by atoms with Gasteiger partial charge in [-0.2, -0.15) is 0 Å². The summed E-state index contributed by atoms with van der Waals surface area (Å²) in [6, 6.07) is 7.47. The number of thioether (sulfide) groups is 1. The Labute approximate surface area is 138 Å². The molecule has 2 aromatic rings. The van der Waals surface area contributed by atoms with Crippen LogP contribution in [0.15, 0.2) is 29.2 Å². The molecule has 2 rings (SSSR count). The number of aromatic nitrogens is 1. The summed E-state index contributed by atoms with van der Waals surface area (Å²) in [5.74, 6) is -0.254. The monoisotopic (exact) mass is 334 g/mol. The topological polar surface area (TPSA) is 59.1 Å². The smallest absolute Gasteiger partial charge is 0.257 e. The average Bonchev–Trinajstić information content (AvgIpc) is 2.79. The van der Waals surface area contributed by atoms with Crippen molar-refractivity contribution in [3.8, 4) is 0 Å². The number of benzene rings is 1. The second kappa shape index (κ2) is 7.07. The molecule has 6 heteroatoms. The first-order valence-electron chi connectivity index (χ1n) is 6.93. The van der Waals surface area contributed by atoms with Crippen molar-refractivity contribution in [2.75, 3.05) is 5.32 Å². The van der Waals surface area contributed by atoms with E-state index in [-0.39, 0.29) is 11.7 Å². The molecule has 0 radical (unpaired) electrons. The van der Waals surface area contributed by atoms with Crippen molar-refractivity contribution >= 4 is 39.9 Å². The van der Waals surface area contributed by atoms with Crippen molar-refractivity contribution < 1.29 is 9.59 Å². The van der Waals surface area contributed by atoms with Crippen LogP contribution in [0.2, 0.25) is 0 Å². The summed E-state index contributed by atoms with van der Waals surface area (Å²) >= 11 is 2.96. The zero-order valence-corrected chi connectivity index (χ0v) is 14.6. The van der Waals surface area contributed by atoms with Gasteiger partial charge in [0.25, 0.3) is 5.91 Å². The van der Waals surface area contributed by atoms with E-state index in [1.807, 2.05) is 12.1 Å². The molecule has 116 valence electrons. The van der Waals surface area contributed by atoms with Gasteiger partial charge in [-0.15, -0.1) is 11.8 Å². The number of ketones is 1. The zero-order chi connectivity index (χ0) is 16.3. The number of carbonyl (C=O) groups is 2. The molecule has 1 heterocycles. The highest BCUT2D eigenvalue weighted by atomic mass is 32.2. The van der Waals surface area contributed by atoms with Crippen LogP contribution in [0.25, 0.3) is 0 Å². The molecule has 1 aromatic carbocycles. The Hall–Kier alpha value is -1.66. The molecule has 0 aliphatic carbocycles. The van der Waals surface area contributed by atoms with E-state index in [4.69, 9.17) is 0 Å². The highest BCUT2D eigenvalue weighted by molar-refractivity contribution is 7.99. The number of Topliss-reactive ketones (excluding diaryl/α,β-unsaturated/α-hetero) is 1. The van der Waals surface area contributed by atoms with E-state index in [0.717, 1.165) is 4.90 Å². The first-order chi connectivity index (χ1) is 10.4. The second-order valence-electron chi connectivity index (χ2n) is 5.13. The van der Waals surface area contributed by atoms with Gasteiger partial charge in [-0.3, -0.25) is 14.9 Å². The van der Waals surface area contributed by atoms with Crippen LogP contribution in [0.3, 0.4) is 0 Å². The lowest BCUT2D eigenvalue weighted by Crippen LogP contribution is -2.11. The minimum atomic E-state index is -0.218. The number of aryl methyl sites for hydroxylation is 1. The standard InChI is InChI=1S/C16H18N2O2S2/c1-9(2)21-13-7-5-12(6-8-13)15(20)18-16-17-10(3)14(22-16)11(4)19/h5-9H,1-4H3,(H,17,18,20). The number of hydrogen-bond donors (Lipinski definition) is 1. The van der Waals surface area contributed by atoms with Gasteiger partial charge in [-0.25, -0.2) is 4.98 Å². The molecule has 0 spiro atoms. The molecule has 0 fully saturated rings. The van der Waals surface area contributed by atoms with E-state index in [1.165, 1.54) is 18.3 Å². The summed E-state index contributed by atoms with van der Waals surface area (Å²) in [7, 11) is 0. The van der Waals surface area contributed by atoms with E-state index in [1.54, 1.807) is 30.8 Å². The molecule has 0 bridgehead atoms. The Bertz CT molecular complexity index is 691. The van der Waals surface area contributed by atoms with Crippen molar-refractivity contribution in [1.82, 2.24) is 4.98 Å². The fourth-order valence-corrected chi connectivity index (χ4v) is 3.60. The summed E-state index contributed by atoms with van der Waals surface area (Å²) in [6.07, 6.45) is 0. The molecular formula is C16H18N2O2S2. The van der Waals surface area contributed by atoms with Crippen molar-refractivity contribution in [3.63, 3.8) is 0 Å². The van der Waals surface area contributed by atoms with Crippen molar-refractivity contribution in [1.29, 1.82) is 0 Å². The maximum Gasteiger partial charge on any atom is 0.257 e. The van der Waals surface area contributed by atoms with Gasteiger partial charge >= 0.3 is 0 Å². The maximum absolute atomic E-state index is 12.2. The van der Waals surface area contributed by atoms with E-state index in [0.29, 0.717) is 26.5 Å². The van der Waals surface area contributed by atoms with Gasteiger partial charge in [0.1, 0.15) is 0 Å². The van der Waals surface area contributed by atoms with Crippen molar-refractivity contribution in [2.45, 2.75) is 37.8 Å². The molecule has 4 nitrogen and oxygen atoms in total. The Kier molecular flexibility index (Phi) is 5.37. The Balaban J connectivity index is 2.09. The molecule has 0 atom stereocenters. The minimum absolute atomic E-state index is 0.0365. The van der Waals surface area contributed by atoms with Crippen LogP contribution in [0.1, 0.15) is 46.5 Å². The summed E-state index contributed by atoms with van der Waals surface area (Å²) in [5.41, 5.74) is 1.22. The SMILES string of the molecule is CC(=O)c1sc(NC(=O)c2ccc(SC(C)C)cc2)nc1C. The number of anilines is 1. The zero-order valence-electron chi connectivity index (χ0n) is 13.0. The van der Waals surface area contributed by atoms with Gasteiger partial charge in [0.15, 0.2) is 10.9 Å². The number of nitrogens with one attached hydrogen (secondary N) is 1. The summed E-state index contributed by atoms with van der Waals surface area (Å²) in [5, 5.41) is 3.70. The van der Waals surface area contributed by atoms with Gasteiger partial charge in [0, 0.05) is 22.6 Å². The molecule has 1 N–H and O–H groups in total. The third kappa shape index (κ3) is 4.18. The van der Waals surface area contributed by atoms with Gasteiger partial charge in [-0.1, -0.05) is 25.2 Å².